The topological polar surface area (TPSA) is 74.8 Å². The van der Waals surface area contributed by atoms with Crippen LogP contribution < -0.4 is 16.0 Å². The molecule has 6 heteroatoms. The molecule has 0 bridgehead atoms. The number of quaternary nitrogens is 1. The molecule has 0 spiro atoms. The van der Waals surface area contributed by atoms with E-state index >= 15 is 0 Å². The van der Waals surface area contributed by atoms with Crippen molar-refractivity contribution >= 4 is 23.5 Å². The summed E-state index contributed by atoms with van der Waals surface area (Å²) in [5.74, 6) is -0.353. The standard InChI is InChI=1S/C18H20ClN3O2/c1-2-20-18(24)22-17(23)16(14-8-4-3-5-9-14)21-12-13-7-6-10-15(19)11-13/h3-11,16,21H,2,12H2,1H3,(H2,20,22,23,24)/p+1/t16-/m1/s1. The number of imide groups is 1. The van der Waals surface area contributed by atoms with E-state index in [1.54, 1.807) is 6.92 Å². The predicted octanol–water partition coefficient (Wildman–Crippen LogP) is 1.99. The minimum atomic E-state index is -0.521. The zero-order valence-electron chi connectivity index (χ0n) is 13.5. The molecule has 0 aliphatic carbocycles. The van der Waals surface area contributed by atoms with Gasteiger partial charge in [-0.15, -0.1) is 0 Å². The van der Waals surface area contributed by atoms with Crippen molar-refractivity contribution in [2.24, 2.45) is 0 Å². The molecule has 0 heterocycles. The first-order valence-corrected chi connectivity index (χ1v) is 8.19. The van der Waals surface area contributed by atoms with Crippen LogP contribution in [-0.2, 0) is 11.3 Å². The number of carbonyl (C=O) groups excluding carboxylic acids is 2. The number of halogens is 1. The van der Waals surface area contributed by atoms with Gasteiger partial charge in [0.2, 0.25) is 0 Å². The molecule has 2 aromatic rings. The van der Waals surface area contributed by atoms with Gasteiger partial charge in [-0.2, -0.15) is 0 Å². The van der Waals surface area contributed by atoms with Gasteiger partial charge in [0, 0.05) is 22.7 Å². The second kappa shape index (κ2) is 9.05. The average molecular weight is 347 g/mol. The monoisotopic (exact) mass is 346 g/mol. The number of urea groups is 1. The lowest BCUT2D eigenvalue weighted by molar-refractivity contribution is -0.698. The van der Waals surface area contributed by atoms with E-state index in [-0.39, 0.29) is 5.91 Å². The average Bonchev–Trinajstić information content (AvgIpc) is 2.56. The van der Waals surface area contributed by atoms with Crippen molar-refractivity contribution in [2.75, 3.05) is 6.54 Å². The van der Waals surface area contributed by atoms with Crippen LogP contribution in [0.5, 0.6) is 0 Å². The van der Waals surface area contributed by atoms with Gasteiger partial charge in [-0.25, -0.2) is 4.79 Å². The minimum Gasteiger partial charge on any atom is -0.338 e. The molecule has 4 N–H and O–H groups in total. The third-order valence-electron chi connectivity index (χ3n) is 3.49. The Morgan fingerprint density at radius 2 is 1.88 bits per heavy atom. The van der Waals surface area contributed by atoms with E-state index in [0.717, 1.165) is 11.1 Å². The molecule has 0 aliphatic rings. The first-order chi connectivity index (χ1) is 11.6. The normalized spacial score (nSPS) is 11.6. The second-order valence-electron chi connectivity index (χ2n) is 5.31. The maximum Gasteiger partial charge on any atom is 0.321 e. The smallest absolute Gasteiger partial charge is 0.321 e. The van der Waals surface area contributed by atoms with Gasteiger partial charge in [-0.1, -0.05) is 54.1 Å². The first kappa shape index (κ1) is 18.0. The van der Waals surface area contributed by atoms with Crippen molar-refractivity contribution in [2.45, 2.75) is 19.5 Å². The summed E-state index contributed by atoms with van der Waals surface area (Å²) in [5, 5.41) is 7.48. The number of carbonyl (C=O) groups is 2. The number of nitrogens with two attached hydrogens (primary N) is 1. The molecule has 24 heavy (non-hydrogen) atoms. The molecule has 5 nitrogen and oxygen atoms in total. The molecule has 126 valence electrons. The Morgan fingerprint density at radius 1 is 1.12 bits per heavy atom. The predicted molar refractivity (Wildman–Crippen MR) is 93.5 cm³/mol. The molecule has 2 rings (SSSR count). The summed E-state index contributed by atoms with van der Waals surface area (Å²) < 4.78 is 0. The molecule has 0 aliphatic heterocycles. The maximum atomic E-state index is 12.5. The third kappa shape index (κ3) is 5.37. The van der Waals surface area contributed by atoms with Crippen LogP contribution in [0.4, 0.5) is 4.79 Å². The third-order valence-corrected chi connectivity index (χ3v) is 3.73. The van der Waals surface area contributed by atoms with Crippen molar-refractivity contribution in [1.29, 1.82) is 0 Å². The Balaban J connectivity index is 2.11. The number of rotatable bonds is 6. The lowest BCUT2D eigenvalue weighted by atomic mass is 10.1. The molecule has 2 aromatic carbocycles. The van der Waals surface area contributed by atoms with Crippen molar-refractivity contribution < 1.29 is 14.9 Å². The van der Waals surface area contributed by atoms with Crippen molar-refractivity contribution in [3.63, 3.8) is 0 Å². The van der Waals surface area contributed by atoms with Gasteiger partial charge in [0.1, 0.15) is 6.54 Å². The number of amides is 3. The summed E-state index contributed by atoms with van der Waals surface area (Å²) in [4.78, 5) is 24.1. The van der Waals surface area contributed by atoms with Crippen LogP contribution in [0.3, 0.4) is 0 Å². The molecule has 0 unspecified atom stereocenters. The zero-order valence-corrected chi connectivity index (χ0v) is 14.2. The highest BCUT2D eigenvalue weighted by Crippen LogP contribution is 2.11. The molecule has 0 radical (unpaired) electrons. The maximum absolute atomic E-state index is 12.5. The largest absolute Gasteiger partial charge is 0.338 e. The van der Waals surface area contributed by atoms with Crippen LogP contribution in [0, 0.1) is 0 Å². The van der Waals surface area contributed by atoms with Gasteiger partial charge >= 0.3 is 6.03 Å². The highest BCUT2D eigenvalue weighted by Gasteiger charge is 2.25. The van der Waals surface area contributed by atoms with Gasteiger partial charge in [0.15, 0.2) is 6.04 Å². The lowest BCUT2D eigenvalue weighted by Crippen LogP contribution is -2.86. The lowest BCUT2D eigenvalue weighted by Gasteiger charge is -2.15. The summed E-state index contributed by atoms with van der Waals surface area (Å²) in [6.45, 7) is 2.83. The summed E-state index contributed by atoms with van der Waals surface area (Å²) >= 11 is 6.00. The Hall–Kier alpha value is -2.37. The quantitative estimate of drug-likeness (QED) is 0.748. The van der Waals surface area contributed by atoms with Crippen molar-refractivity contribution in [3.05, 3.63) is 70.7 Å². The Labute approximate surface area is 146 Å². The molecule has 0 saturated heterocycles. The minimum absolute atomic E-state index is 0.353. The summed E-state index contributed by atoms with van der Waals surface area (Å²) in [7, 11) is 0. The van der Waals surface area contributed by atoms with Gasteiger partial charge in [0.05, 0.1) is 0 Å². The number of nitrogens with one attached hydrogen (secondary N) is 2. The summed E-state index contributed by atoms with van der Waals surface area (Å²) in [5.41, 5.74) is 1.84. The summed E-state index contributed by atoms with van der Waals surface area (Å²) in [6.07, 6.45) is 0. The van der Waals surface area contributed by atoms with E-state index in [1.807, 2.05) is 59.9 Å². The second-order valence-corrected chi connectivity index (χ2v) is 5.74. The molecular formula is C18H21ClN3O2+. The SMILES string of the molecule is CCNC(=O)NC(=O)[C@H]([NH2+]Cc1cccc(Cl)c1)c1ccccc1. The van der Waals surface area contributed by atoms with Gasteiger partial charge in [-0.3, -0.25) is 10.1 Å². The molecule has 0 fully saturated rings. The zero-order chi connectivity index (χ0) is 17.4. The van der Waals surface area contributed by atoms with E-state index in [1.165, 1.54) is 0 Å². The van der Waals surface area contributed by atoms with Crippen LogP contribution in [0.2, 0.25) is 5.02 Å². The number of hydrogen-bond donors (Lipinski definition) is 3. The van der Waals surface area contributed by atoms with E-state index < -0.39 is 12.1 Å². The molecular weight excluding hydrogens is 326 g/mol. The van der Waals surface area contributed by atoms with Gasteiger partial charge in [-0.05, 0) is 19.1 Å². The molecule has 1 atom stereocenters. The number of benzene rings is 2. The van der Waals surface area contributed by atoms with Crippen molar-refractivity contribution in [1.82, 2.24) is 10.6 Å². The fourth-order valence-electron chi connectivity index (χ4n) is 2.37. The van der Waals surface area contributed by atoms with Gasteiger partial charge < -0.3 is 10.6 Å². The Kier molecular flexibility index (Phi) is 6.78. The molecule has 3 amide bonds. The highest BCUT2D eigenvalue weighted by molar-refractivity contribution is 6.30. The fraction of sp³-hybridized carbons (Fsp3) is 0.222. The molecule has 0 saturated carbocycles. The Morgan fingerprint density at radius 3 is 2.54 bits per heavy atom. The molecule has 0 aromatic heterocycles. The summed E-state index contributed by atoms with van der Waals surface area (Å²) in [6, 6.07) is 15.9. The van der Waals surface area contributed by atoms with E-state index in [9.17, 15) is 9.59 Å². The van der Waals surface area contributed by atoms with Crippen LogP contribution in [0.1, 0.15) is 24.1 Å². The Bertz CT molecular complexity index is 692. The van der Waals surface area contributed by atoms with Crippen LogP contribution >= 0.6 is 11.6 Å². The van der Waals surface area contributed by atoms with Crippen LogP contribution in [0.15, 0.2) is 54.6 Å². The van der Waals surface area contributed by atoms with E-state index in [2.05, 4.69) is 10.6 Å². The van der Waals surface area contributed by atoms with Gasteiger partial charge in [0.25, 0.3) is 5.91 Å². The highest BCUT2D eigenvalue weighted by atomic mass is 35.5. The van der Waals surface area contributed by atoms with Crippen LogP contribution in [-0.4, -0.2) is 18.5 Å². The fourth-order valence-corrected chi connectivity index (χ4v) is 2.58. The van der Waals surface area contributed by atoms with E-state index in [4.69, 9.17) is 11.6 Å². The van der Waals surface area contributed by atoms with Crippen molar-refractivity contribution in [3.8, 4) is 0 Å². The van der Waals surface area contributed by atoms with E-state index in [0.29, 0.717) is 18.1 Å². The first-order valence-electron chi connectivity index (χ1n) is 7.81. The number of hydrogen-bond acceptors (Lipinski definition) is 2. The van der Waals surface area contributed by atoms with Crippen LogP contribution in [0.25, 0.3) is 0 Å².